The molecule has 0 heterocycles. The van der Waals surface area contributed by atoms with E-state index >= 15 is 0 Å². The van der Waals surface area contributed by atoms with Gasteiger partial charge in [-0.25, -0.2) is 0 Å². The van der Waals surface area contributed by atoms with Gasteiger partial charge in [0.15, 0.2) is 5.76 Å². The summed E-state index contributed by atoms with van der Waals surface area (Å²) in [6.07, 6.45) is 0. The molecule has 0 amide bonds. The van der Waals surface area contributed by atoms with Crippen LogP contribution in [0.25, 0.3) is 0 Å². The fourth-order valence-electron chi connectivity index (χ4n) is 3.41. The van der Waals surface area contributed by atoms with Gasteiger partial charge in [0.2, 0.25) is 11.6 Å². The van der Waals surface area contributed by atoms with Crippen LogP contribution in [0.15, 0.2) is 95.7 Å². The Labute approximate surface area is 169 Å². The number of benzene rings is 3. The minimum atomic E-state index is -2.84. The van der Waals surface area contributed by atoms with Crippen molar-refractivity contribution in [3.63, 3.8) is 0 Å². The first-order chi connectivity index (χ1) is 13.5. The van der Waals surface area contributed by atoms with E-state index in [-0.39, 0.29) is 22.4 Å². The number of carbonyl (C=O) groups excluding carboxylic acids is 2. The van der Waals surface area contributed by atoms with Gasteiger partial charge in [0.05, 0.1) is 0 Å². The maximum Gasteiger partial charge on any atom is 0.311 e. The molecule has 0 atom stereocenters. The Hall–Kier alpha value is -2.95. The number of hydrogen-bond donors (Lipinski definition) is 0. The van der Waals surface area contributed by atoms with Crippen molar-refractivity contribution in [1.29, 1.82) is 0 Å². The zero-order valence-electron chi connectivity index (χ0n) is 15.2. The van der Waals surface area contributed by atoms with Crippen molar-refractivity contribution in [2.45, 2.75) is 6.55 Å². The van der Waals surface area contributed by atoms with E-state index in [0.29, 0.717) is 11.1 Å². The standard InChI is InChI=1S/C23H17ClO3Si/c1-28(16-10-4-2-5-11-16,17-12-6-3-7-13-17)27-23-20(24)21(25)18-14-8-9-15-19(18)22(23)26/h2-15H,1H3. The van der Waals surface area contributed by atoms with Crippen LogP contribution < -0.4 is 10.4 Å². The smallest absolute Gasteiger partial charge is 0.311 e. The van der Waals surface area contributed by atoms with Crippen molar-refractivity contribution in [3.05, 3.63) is 107 Å². The molecular formula is C23H17ClO3Si. The van der Waals surface area contributed by atoms with Gasteiger partial charge in [-0.05, 0) is 16.9 Å². The van der Waals surface area contributed by atoms with E-state index in [1.165, 1.54) is 0 Å². The zero-order chi connectivity index (χ0) is 19.7. The zero-order valence-corrected chi connectivity index (χ0v) is 16.9. The lowest BCUT2D eigenvalue weighted by atomic mass is 9.94. The van der Waals surface area contributed by atoms with Gasteiger partial charge in [0.1, 0.15) is 5.03 Å². The van der Waals surface area contributed by atoms with Crippen LogP contribution in [0, 0.1) is 0 Å². The van der Waals surface area contributed by atoms with Crippen molar-refractivity contribution in [2.75, 3.05) is 0 Å². The molecule has 0 bridgehead atoms. The highest BCUT2D eigenvalue weighted by molar-refractivity contribution is 6.96. The Balaban J connectivity index is 1.85. The Morgan fingerprint density at radius 2 is 1.11 bits per heavy atom. The van der Waals surface area contributed by atoms with E-state index in [0.717, 1.165) is 10.4 Å². The molecule has 3 aromatic rings. The lowest BCUT2D eigenvalue weighted by Gasteiger charge is -2.31. The Morgan fingerprint density at radius 3 is 1.61 bits per heavy atom. The molecule has 0 radical (unpaired) electrons. The van der Waals surface area contributed by atoms with Gasteiger partial charge in [-0.3, -0.25) is 9.59 Å². The van der Waals surface area contributed by atoms with Crippen LogP contribution in [0.4, 0.5) is 0 Å². The molecular weight excluding hydrogens is 388 g/mol. The second kappa shape index (κ2) is 7.22. The highest BCUT2D eigenvalue weighted by Crippen LogP contribution is 2.31. The summed E-state index contributed by atoms with van der Waals surface area (Å²) >= 11 is 6.34. The minimum Gasteiger partial charge on any atom is -0.531 e. The van der Waals surface area contributed by atoms with Crippen LogP contribution in [0.3, 0.4) is 0 Å². The molecule has 1 aliphatic carbocycles. The summed E-state index contributed by atoms with van der Waals surface area (Å²) in [4.78, 5) is 25.8. The summed E-state index contributed by atoms with van der Waals surface area (Å²) in [6.45, 7) is 2.01. The SMILES string of the molecule is C[Si](OC1=C(Cl)C(=O)c2ccccc2C1=O)(c1ccccc1)c1ccccc1. The maximum atomic E-state index is 13.1. The average molecular weight is 405 g/mol. The van der Waals surface area contributed by atoms with E-state index in [1.807, 2.05) is 67.2 Å². The van der Waals surface area contributed by atoms with Gasteiger partial charge in [-0.2, -0.15) is 0 Å². The second-order valence-electron chi connectivity index (χ2n) is 6.71. The molecule has 0 aliphatic heterocycles. The third kappa shape index (κ3) is 3.01. The highest BCUT2D eigenvalue weighted by atomic mass is 35.5. The average Bonchev–Trinajstić information content (AvgIpc) is 2.76. The van der Waals surface area contributed by atoms with E-state index < -0.39 is 8.32 Å². The third-order valence-corrected chi connectivity index (χ3v) is 8.80. The Bertz CT molecular complexity index is 1050. The first-order valence-electron chi connectivity index (χ1n) is 8.90. The van der Waals surface area contributed by atoms with Crippen LogP contribution in [-0.2, 0) is 4.43 Å². The number of hydrogen-bond acceptors (Lipinski definition) is 3. The van der Waals surface area contributed by atoms with Gasteiger partial charge in [0.25, 0.3) is 0 Å². The lowest BCUT2D eigenvalue weighted by molar-refractivity contribution is 0.0942. The molecule has 1 aliphatic rings. The van der Waals surface area contributed by atoms with Gasteiger partial charge >= 0.3 is 8.32 Å². The van der Waals surface area contributed by atoms with E-state index in [9.17, 15) is 9.59 Å². The molecule has 3 aromatic carbocycles. The van der Waals surface area contributed by atoms with Crippen molar-refractivity contribution in [1.82, 2.24) is 0 Å². The van der Waals surface area contributed by atoms with Gasteiger partial charge in [-0.1, -0.05) is 96.5 Å². The molecule has 5 heteroatoms. The normalized spacial score (nSPS) is 14.1. The molecule has 0 spiro atoms. The summed E-state index contributed by atoms with van der Waals surface area (Å²) in [6, 6.07) is 26.2. The molecule has 0 N–H and O–H groups in total. The number of allylic oxidation sites excluding steroid dienone is 2. The fraction of sp³-hybridized carbons (Fsp3) is 0.0435. The van der Waals surface area contributed by atoms with Crippen LogP contribution in [-0.4, -0.2) is 19.9 Å². The predicted molar refractivity (Wildman–Crippen MR) is 113 cm³/mol. The third-order valence-electron chi connectivity index (χ3n) is 4.98. The fourth-order valence-corrected chi connectivity index (χ4v) is 6.53. The quantitative estimate of drug-likeness (QED) is 0.619. The summed E-state index contributed by atoms with van der Waals surface area (Å²) in [5, 5.41) is 1.81. The first-order valence-corrected chi connectivity index (χ1v) is 11.7. The summed E-state index contributed by atoms with van der Waals surface area (Å²) in [7, 11) is -2.84. The minimum absolute atomic E-state index is 0.0627. The van der Waals surface area contributed by atoms with E-state index in [4.69, 9.17) is 16.0 Å². The Morgan fingerprint density at radius 1 is 0.679 bits per heavy atom. The van der Waals surface area contributed by atoms with Crippen molar-refractivity contribution < 1.29 is 14.0 Å². The van der Waals surface area contributed by atoms with Crippen molar-refractivity contribution in [3.8, 4) is 0 Å². The van der Waals surface area contributed by atoms with Crippen LogP contribution >= 0.6 is 11.6 Å². The number of carbonyl (C=O) groups is 2. The lowest BCUT2D eigenvalue weighted by Crippen LogP contribution is -2.58. The molecule has 3 nitrogen and oxygen atoms in total. The summed E-state index contributed by atoms with van der Waals surface area (Å²) in [5.74, 6) is -0.803. The van der Waals surface area contributed by atoms with Crippen molar-refractivity contribution in [2.24, 2.45) is 0 Å². The van der Waals surface area contributed by atoms with Gasteiger partial charge < -0.3 is 4.43 Å². The van der Waals surface area contributed by atoms with Gasteiger partial charge in [0, 0.05) is 11.1 Å². The number of rotatable bonds is 4. The number of Topliss-reactive ketones (excluding diaryl/α,β-unsaturated/α-hetero) is 2. The molecule has 0 unspecified atom stereocenters. The molecule has 0 saturated heterocycles. The number of ketones is 2. The van der Waals surface area contributed by atoms with Crippen LogP contribution in [0.2, 0.25) is 6.55 Å². The molecule has 4 rings (SSSR count). The monoisotopic (exact) mass is 404 g/mol. The molecule has 138 valence electrons. The molecule has 0 fully saturated rings. The van der Waals surface area contributed by atoms with Crippen LogP contribution in [0.1, 0.15) is 20.7 Å². The Kier molecular flexibility index (Phi) is 4.75. The number of fused-ring (bicyclic) bond motifs is 1. The first kappa shape index (κ1) is 18.4. The van der Waals surface area contributed by atoms with Gasteiger partial charge in [-0.15, -0.1) is 0 Å². The van der Waals surface area contributed by atoms with E-state index in [2.05, 4.69) is 0 Å². The molecule has 0 aromatic heterocycles. The summed E-state index contributed by atoms with van der Waals surface area (Å²) < 4.78 is 6.42. The van der Waals surface area contributed by atoms with E-state index in [1.54, 1.807) is 24.3 Å². The largest absolute Gasteiger partial charge is 0.531 e. The summed E-state index contributed by atoms with van der Waals surface area (Å²) in [5.41, 5.74) is 0.636. The van der Waals surface area contributed by atoms with Crippen molar-refractivity contribution >= 4 is 41.9 Å². The van der Waals surface area contributed by atoms with Crippen LogP contribution in [0.5, 0.6) is 0 Å². The molecule has 28 heavy (non-hydrogen) atoms. The maximum absolute atomic E-state index is 13.1. The number of halogens is 1. The molecule has 0 saturated carbocycles. The topological polar surface area (TPSA) is 43.4 Å². The second-order valence-corrected chi connectivity index (χ2v) is 10.5. The highest BCUT2D eigenvalue weighted by Gasteiger charge is 2.41. The predicted octanol–water partition coefficient (Wildman–Crippen LogP) is 3.92.